The summed E-state index contributed by atoms with van der Waals surface area (Å²) in [6.07, 6.45) is 1.63. The molecule has 0 aliphatic heterocycles. The molecular weight excluding hydrogens is 382 g/mol. The fraction of sp³-hybridized carbons (Fsp3) is 0.0500. The first kappa shape index (κ1) is 17.5. The molecule has 0 aliphatic rings. The highest BCUT2D eigenvalue weighted by atomic mass is 35.5. The van der Waals surface area contributed by atoms with E-state index in [-0.39, 0.29) is 5.91 Å². The van der Waals surface area contributed by atoms with Crippen LogP contribution in [0.2, 0.25) is 5.02 Å². The van der Waals surface area contributed by atoms with Gasteiger partial charge >= 0.3 is 0 Å². The second-order valence-corrected chi connectivity index (χ2v) is 6.98. The number of rotatable bonds is 4. The van der Waals surface area contributed by atoms with Crippen molar-refractivity contribution in [1.29, 1.82) is 0 Å². The molecule has 4 aromatic rings. The molecule has 0 atom stereocenters. The summed E-state index contributed by atoms with van der Waals surface area (Å²) in [5, 5.41) is 6.56. The number of fused-ring (bicyclic) bond motifs is 1. The maximum Gasteiger partial charge on any atom is 0.258 e. The van der Waals surface area contributed by atoms with Gasteiger partial charge in [0, 0.05) is 22.5 Å². The van der Waals surface area contributed by atoms with Gasteiger partial charge in [-0.2, -0.15) is 0 Å². The van der Waals surface area contributed by atoms with Crippen molar-refractivity contribution in [2.24, 2.45) is 0 Å². The molecule has 1 amide bonds. The third-order valence-electron chi connectivity index (χ3n) is 4.07. The quantitative estimate of drug-likeness (QED) is 0.511. The molecule has 0 aliphatic carbocycles. The molecule has 2 aromatic heterocycles. The molecule has 7 heteroatoms. The van der Waals surface area contributed by atoms with Crippen LogP contribution in [0.15, 0.2) is 60.1 Å². The minimum atomic E-state index is -0.220. The molecule has 0 saturated carbocycles. The number of amides is 1. The summed E-state index contributed by atoms with van der Waals surface area (Å²) in [5.41, 5.74) is 2.93. The highest BCUT2D eigenvalue weighted by Crippen LogP contribution is 2.32. The predicted molar refractivity (Wildman–Crippen MR) is 109 cm³/mol. The average molecular weight is 396 g/mol. The molecule has 1 N–H and O–H groups in total. The van der Waals surface area contributed by atoms with Gasteiger partial charge in [0.15, 0.2) is 5.13 Å². The third kappa shape index (κ3) is 3.49. The lowest BCUT2D eigenvalue weighted by molar-refractivity contribution is 0.102. The molecule has 0 unspecified atom stereocenters. The molecule has 2 heterocycles. The van der Waals surface area contributed by atoms with Crippen LogP contribution in [0, 0.1) is 0 Å². The lowest BCUT2D eigenvalue weighted by Gasteiger charge is -2.05. The van der Waals surface area contributed by atoms with Gasteiger partial charge in [-0.15, -0.1) is 11.3 Å². The Morgan fingerprint density at radius 3 is 2.85 bits per heavy atom. The first-order valence-corrected chi connectivity index (χ1v) is 9.36. The van der Waals surface area contributed by atoms with Crippen LogP contribution in [0.3, 0.4) is 0 Å². The number of nitrogens with zero attached hydrogens (tertiary/aromatic N) is 2. The number of anilines is 1. The highest BCUT2D eigenvalue weighted by molar-refractivity contribution is 7.14. The second kappa shape index (κ2) is 7.34. The first-order valence-electron chi connectivity index (χ1n) is 8.10. The smallest absolute Gasteiger partial charge is 0.258 e. The van der Waals surface area contributed by atoms with Gasteiger partial charge < -0.3 is 4.74 Å². The minimum Gasteiger partial charge on any atom is -0.495 e. The Balaban J connectivity index is 1.59. The molecular formula is C20H14ClN3O2S. The van der Waals surface area contributed by atoms with Crippen molar-refractivity contribution in [2.45, 2.75) is 0 Å². The molecule has 0 spiro atoms. The van der Waals surface area contributed by atoms with Crippen molar-refractivity contribution in [3.8, 4) is 17.0 Å². The van der Waals surface area contributed by atoms with E-state index in [1.165, 1.54) is 11.3 Å². The zero-order valence-corrected chi connectivity index (χ0v) is 15.8. The number of aromatic nitrogens is 2. The molecule has 0 saturated heterocycles. The van der Waals surface area contributed by atoms with Crippen molar-refractivity contribution < 1.29 is 9.53 Å². The zero-order valence-electron chi connectivity index (χ0n) is 14.3. The minimum absolute atomic E-state index is 0.220. The Kier molecular flexibility index (Phi) is 4.75. The van der Waals surface area contributed by atoms with Crippen molar-refractivity contribution >= 4 is 44.9 Å². The number of para-hydroxylation sites is 1. The van der Waals surface area contributed by atoms with E-state index in [0.29, 0.717) is 21.5 Å². The Hall–Kier alpha value is -2.96. The van der Waals surface area contributed by atoms with Crippen LogP contribution in [0.1, 0.15) is 10.4 Å². The van der Waals surface area contributed by atoms with Crippen LogP contribution < -0.4 is 10.1 Å². The summed E-state index contributed by atoms with van der Waals surface area (Å²) in [6, 6.07) is 14.7. The second-order valence-electron chi connectivity index (χ2n) is 5.72. The predicted octanol–water partition coefficient (Wildman–Crippen LogP) is 5.27. The van der Waals surface area contributed by atoms with Gasteiger partial charge in [0.05, 0.1) is 28.9 Å². The molecule has 4 rings (SSSR count). The normalized spacial score (nSPS) is 10.7. The SMILES string of the molecule is COc1ccc(-c2csc(NC(=O)c3ccnc4ccccc34)n2)cc1Cl. The number of hydrogen-bond donors (Lipinski definition) is 1. The summed E-state index contributed by atoms with van der Waals surface area (Å²) in [5.74, 6) is 0.385. The van der Waals surface area contributed by atoms with Crippen LogP contribution >= 0.6 is 22.9 Å². The van der Waals surface area contributed by atoms with Crippen molar-refractivity contribution in [1.82, 2.24) is 9.97 Å². The van der Waals surface area contributed by atoms with E-state index >= 15 is 0 Å². The average Bonchev–Trinajstić information content (AvgIpc) is 3.16. The number of benzene rings is 2. The molecule has 0 fully saturated rings. The number of nitrogens with one attached hydrogen (secondary N) is 1. The number of thiazole rings is 1. The van der Waals surface area contributed by atoms with Crippen molar-refractivity contribution in [3.05, 3.63) is 70.7 Å². The molecule has 0 radical (unpaired) electrons. The maximum atomic E-state index is 12.7. The lowest BCUT2D eigenvalue weighted by atomic mass is 10.1. The number of halogens is 1. The summed E-state index contributed by atoms with van der Waals surface area (Å²) >= 11 is 7.54. The fourth-order valence-electron chi connectivity index (χ4n) is 2.75. The summed E-state index contributed by atoms with van der Waals surface area (Å²) < 4.78 is 5.17. The Morgan fingerprint density at radius 2 is 2.04 bits per heavy atom. The van der Waals surface area contributed by atoms with E-state index in [9.17, 15) is 4.79 Å². The van der Waals surface area contributed by atoms with E-state index < -0.39 is 0 Å². The Morgan fingerprint density at radius 1 is 1.19 bits per heavy atom. The van der Waals surface area contributed by atoms with Gasteiger partial charge in [-0.3, -0.25) is 15.1 Å². The molecule has 2 aromatic carbocycles. The molecule has 5 nitrogen and oxygen atoms in total. The highest BCUT2D eigenvalue weighted by Gasteiger charge is 2.13. The monoisotopic (exact) mass is 395 g/mol. The van der Waals surface area contributed by atoms with Crippen LogP contribution in [0.25, 0.3) is 22.2 Å². The molecule has 0 bridgehead atoms. The summed E-state index contributed by atoms with van der Waals surface area (Å²) in [6.45, 7) is 0. The number of pyridine rings is 1. The lowest BCUT2D eigenvalue weighted by Crippen LogP contribution is -2.12. The van der Waals surface area contributed by atoms with E-state index in [1.54, 1.807) is 31.5 Å². The van der Waals surface area contributed by atoms with E-state index in [0.717, 1.165) is 22.2 Å². The number of carbonyl (C=O) groups excluding carboxylic acids is 1. The topological polar surface area (TPSA) is 64.1 Å². The van der Waals surface area contributed by atoms with Gasteiger partial charge in [-0.05, 0) is 30.3 Å². The van der Waals surface area contributed by atoms with E-state index in [2.05, 4.69) is 15.3 Å². The van der Waals surface area contributed by atoms with E-state index in [4.69, 9.17) is 16.3 Å². The van der Waals surface area contributed by atoms with Crippen LogP contribution in [-0.4, -0.2) is 23.0 Å². The number of hydrogen-bond acceptors (Lipinski definition) is 5. The first-order chi connectivity index (χ1) is 13.2. The van der Waals surface area contributed by atoms with Crippen molar-refractivity contribution in [3.63, 3.8) is 0 Å². The van der Waals surface area contributed by atoms with Gasteiger partial charge in [-0.25, -0.2) is 4.98 Å². The molecule has 27 heavy (non-hydrogen) atoms. The van der Waals surface area contributed by atoms with Gasteiger partial charge in [0.25, 0.3) is 5.91 Å². The zero-order chi connectivity index (χ0) is 18.8. The Bertz CT molecular complexity index is 1140. The third-order valence-corrected chi connectivity index (χ3v) is 5.12. The van der Waals surface area contributed by atoms with Crippen LogP contribution in [0.5, 0.6) is 5.75 Å². The fourth-order valence-corrected chi connectivity index (χ4v) is 3.72. The number of ether oxygens (including phenoxy) is 1. The van der Waals surface area contributed by atoms with Gasteiger partial charge in [0.2, 0.25) is 0 Å². The largest absolute Gasteiger partial charge is 0.495 e. The maximum absolute atomic E-state index is 12.7. The van der Waals surface area contributed by atoms with Crippen LogP contribution in [-0.2, 0) is 0 Å². The number of methoxy groups -OCH3 is 1. The summed E-state index contributed by atoms with van der Waals surface area (Å²) in [7, 11) is 1.57. The summed E-state index contributed by atoms with van der Waals surface area (Å²) in [4.78, 5) is 21.5. The van der Waals surface area contributed by atoms with Crippen molar-refractivity contribution in [2.75, 3.05) is 12.4 Å². The Labute approximate surface area is 164 Å². The molecule has 134 valence electrons. The van der Waals surface area contributed by atoms with E-state index in [1.807, 2.05) is 35.7 Å². The van der Waals surface area contributed by atoms with Crippen LogP contribution in [0.4, 0.5) is 5.13 Å². The van der Waals surface area contributed by atoms with Gasteiger partial charge in [0.1, 0.15) is 5.75 Å². The standard InChI is InChI=1S/C20H14ClN3O2S/c1-26-18-7-6-12(10-15(18)21)17-11-27-20(23-17)24-19(25)14-8-9-22-16-5-3-2-4-13(14)16/h2-11H,1H3,(H,23,24,25). The van der Waals surface area contributed by atoms with Gasteiger partial charge in [-0.1, -0.05) is 29.8 Å². The number of carbonyl (C=O) groups is 1.